The van der Waals surface area contributed by atoms with Crippen LogP contribution < -0.4 is 15.8 Å². The van der Waals surface area contributed by atoms with Crippen LogP contribution in [-0.4, -0.2) is 18.4 Å². The summed E-state index contributed by atoms with van der Waals surface area (Å²) in [6, 6.07) is 9.05. The molecule has 0 aliphatic carbocycles. The molecule has 0 atom stereocenters. The van der Waals surface area contributed by atoms with Gasteiger partial charge in [-0.3, -0.25) is 9.59 Å². The standard InChI is InChI=1S/C15H11Cl3N2O3/c16-9-5-11(17)14(12(18)6-9)23-7-13(21)20-10-3-1-8(2-4-10)15(19)22/h1-6H,7H2,(H2,19,22)(H,20,21). The summed E-state index contributed by atoms with van der Waals surface area (Å²) in [5.74, 6) is -0.783. The van der Waals surface area contributed by atoms with Gasteiger partial charge >= 0.3 is 0 Å². The first-order valence-corrected chi connectivity index (χ1v) is 7.47. The Labute approximate surface area is 147 Å². The molecule has 5 nitrogen and oxygen atoms in total. The molecule has 2 amide bonds. The van der Waals surface area contributed by atoms with Gasteiger partial charge in [-0.25, -0.2) is 0 Å². The number of carbonyl (C=O) groups is 2. The Morgan fingerprint density at radius 3 is 2.13 bits per heavy atom. The van der Waals surface area contributed by atoms with Gasteiger partial charge in [-0.15, -0.1) is 0 Å². The van der Waals surface area contributed by atoms with E-state index in [1.54, 1.807) is 12.1 Å². The quantitative estimate of drug-likeness (QED) is 0.837. The minimum Gasteiger partial charge on any atom is -0.481 e. The molecule has 0 unspecified atom stereocenters. The van der Waals surface area contributed by atoms with Crippen molar-refractivity contribution in [2.24, 2.45) is 5.73 Å². The molecule has 0 heterocycles. The highest BCUT2D eigenvalue weighted by molar-refractivity contribution is 6.40. The van der Waals surface area contributed by atoms with Crippen molar-refractivity contribution >= 4 is 52.3 Å². The Hall–Kier alpha value is -1.95. The number of amides is 2. The molecular weight excluding hydrogens is 363 g/mol. The summed E-state index contributed by atoms with van der Waals surface area (Å²) in [4.78, 5) is 22.8. The number of benzene rings is 2. The van der Waals surface area contributed by atoms with Crippen LogP contribution in [0.3, 0.4) is 0 Å². The molecule has 120 valence electrons. The summed E-state index contributed by atoms with van der Waals surface area (Å²) in [6.45, 7) is -0.293. The van der Waals surface area contributed by atoms with Gasteiger partial charge in [-0.05, 0) is 36.4 Å². The summed E-state index contributed by atoms with van der Waals surface area (Å²) < 4.78 is 5.31. The van der Waals surface area contributed by atoms with Gasteiger partial charge in [0.25, 0.3) is 5.91 Å². The fraction of sp³-hybridized carbons (Fsp3) is 0.0667. The number of anilines is 1. The van der Waals surface area contributed by atoms with E-state index < -0.39 is 11.8 Å². The van der Waals surface area contributed by atoms with Gasteiger partial charge in [0.05, 0.1) is 10.0 Å². The van der Waals surface area contributed by atoms with E-state index in [1.165, 1.54) is 24.3 Å². The SMILES string of the molecule is NC(=O)c1ccc(NC(=O)COc2c(Cl)cc(Cl)cc2Cl)cc1. The normalized spacial score (nSPS) is 10.2. The van der Waals surface area contributed by atoms with Crippen LogP contribution in [0.2, 0.25) is 15.1 Å². The molecule has 0 bridgehead atoms. The van der Waals surface area contributed by atoms with Crippen LogP contribution in [-0.2, 0) is 4.79 Å². The van der Waals surface area contributed by atoms with Gasteiger partial charge < -0.3 is 15.8 Å². The second-order valence-corrected chi connectivity index (χ2v) is 5.73. The highest BCUT2D eigenvalue weighted by Gasteiger charge is 2.11. The van der Waals surface area contributed by atoms with Crippen molar-refractivity contribution < 1.29 is 14.3 Å². The first kappa shape index (κ1) is 17.4. The average Bonchev–Trinajstić information content (AvgIpc) is 2.46. The molecular formula is C15H11Cl3N2O3. The van der Waals surface area contributed by atoms with Gasteiger partial charge in [0.1, 0.15) is 0 Å². The smallest absolute Gasteiger partial charge is 0.262 e. The lowest BCUT2D eigenvalue weighted by Crippen LogP contribution is -2.20. The van der Waals surface area contributed by atoms with Crippen LogP contribution in [0.25, 0.3) is 0 Å². The van der Waals surface area contributed by atoms with Crippen molar-refractivity contribution in [1.29, 1.82) is 0 Å². The molecule has 8 heteroatoms. The summed E-state index contributed by atoms with van der Waals surface area (Å²) in [6.07, 6.45) is 0. The Morgan fingerprint density at radius 2 is 1.61 bits per heavy atom. The molecule has 0 aromatic heterocycles. The van der Waals surface area contributed by atoms with Crippen molar-refractivity contribution in [2.45, 2.75) is 0 Å². The van der Waals surface area contributed by atoms with E-state index in [4.69, 9.17) is 45.3 Å². The molecule has 2 aromatic carbocycles. The average molecular weight is 374 g/mol. The van der Waals surface area contributed by atoms with E-state index >= 15 is 0 Å². The topological polar surface area (TPSA) is 81.4 Å². The van der Waals surface area contributed by atoms with E-state index in [2.05, 4.69) is 5.32 Å². The van der Waals surface area contributed by atoms with Crippen molar-refractivity contribution in [2.75, 3.05) is 11.9 Å². The van der Waals surface area contributed by atoms with Crippen LogP contribution in [0.1, 0.15) is 10.4 Å². The fourth-order valence-electron chi connectivity index (χ4n) is 1.72. The number of primary amides is 1. The highest BCUT2D eigenvalue weighted by Crippen LogP contribution is 2.35. The molecule has 23 heavy (non-hydrogen) atoms. The minimum absolute atomic E-state index is 0.178. The zero-order valence-corrected chi connectivity index (χ0v) is 13.9. The lowest BCUT2D eigenvalue weighted by molar-refractivity contribution is -0.118. The molecule has 0 saturated carbocycles. The number of hydrogen-bond donors (Lipinski definition) is 2. The van der Waals surface area contributed by atoms with E-state index in [0.717, 1.165) is 0 Å². The third-order valence-corrected chi connectivity index (χ3v) is 3.54. The van der Waals surface area contributed by atoms with Gasteiger partial charge in [-0.2, -0.15) is 0 Å². The molecule has 0 aliphatic rings. The highest BCUT2D eigenvalue weighted by atomic mass is 35.5. The maximum Gasteiger partial charge on any atom is 0.262 e. The van der Waals surface area contributed by atoms with Gasteiger partial charge in [0, 0.05) is 16.3 Å². The predicted molar refractivity (Wildman–Crippen MR) is 90.6 cm³/mol. The molecule has 0 fully saturated rings. The molecule has 2 aromatic rings. The number of hydrogen-bond acceptors (Lipinski definition) is 3. The van der Waals surface area contributed by atoms with Crippen LogP contribution in [0.15, 0.2) is 36.4 Å². The van der Waals surface area contributed by atoms with Gasteiger partial charge in [0.2, 0.25) is 5.91 Å². The number of nitrogens with two attached hydrogens (primary N) is 1. The number of carbonyl (C=O) groups excluding carboxylic acids is 2. The number of halogens is 3. The number of rotatable bonds is 5. The van der Waals surface area contributed by atoms with Gasteiger partial charge in [-0.1, -0.05) is 34.8 Å². The Balaban J connectivity index is 1.96. The molecule has 0 radical (unpaired) electrons. The zero-order valence-electron chi connectivity index (χ0n) is 11.6. The van der Waals surface area contributed by atoms with Crippen molar-refractivity contribution in [3.63, 3.8) is 0 Å². The van der Waals surface area contributed by atoms with Crippen LogP contribution in [0, 0.1) is 0 Å². The fourth-order valence-corrected chi connectivity index (χ4v) is 2.65. The minimum atomic E-state index is -0.543. The van der Waals surface area contributed by atoms with Crippen molar-refractivity contribution in [3.05, 3.63) is 57.0 Å². The third kappa shape index (κ3) is 4.76. The predicted octanol–water partition coefficient (Wildman–Crippen LogP) is 3.76. The maximum absolute atomic E-state index is 11.9. The number of ether oxygens (including phenoxy) is 1. The van der Waals surface area contributed by atoms with E-state index in [9.17, 15) is 9.59 Å². The largest absolute Gasteiger partial charge is 0.481 e. The molecule has 0 spiro atoms. The Kier molecular flexibility index (Phi) is 5.71. The monoisotopic (exact) mass is 372 g/mol. The third-order valence-electron chi connectivity index (χ3n) is 2.76. The first-order chi connectivity index (χ1) is 10.9. The summed E-state index contributed by atoms with van der Waals surface area (Å²) >= 11 is 17.7. The lowest BCUT2D eigenvalue weighted by atomic mass is 10.2. The molecule has 2 rings (SSSR count). The summed E-state index contributed by atoms with van der Waals surface area (Å²) in [5.41, 5.74) is 5.98. The van der Waals surface area contributed by atoms with E-state index in [0.29, 0.717) is 16.3 Å². The lowest BCUT2D eigenvalue weighted by Gasteiger charge is -2.10. The van der Waals surface area contributed by atoms with Crippen molar-refractivity contribution in [1.82, 2.24) is 0 Å². The maximum atomic E-state index is 11.9. The second kappa shape index (κ2) is 7.55. The van der Waals surface area contributed by atoms with Crippen LogP contribution in [0.4, 0.5) is 5.69 Å². The molecule has 0 aliphatic heterocycles. The first-order valence-electron chi connectivity index (χ1n) is 6.34. The Morgan fingerprint density at radius 1 is 1.04 bits per heavy atom. The van der Waals surface area contributed by atoms with E-state index in [-0.39, 0.29) is 22.4 Å². The number of nitrogens with one attached hydrogen (secondary N) is 1. The van der Waals surface area contributed by atoms with Crippen molar-refractivity contribution in [3.8, 4) is 5.75 Å². The second-order valence-electron chi connectivity index (χ2n) is 4.48. The van der Waals surface area contributed by atoms with Gasteiger partial charge in [0.15, 0.2) is 12.4 Å². The molecule has 0 saturated heterocycles. The van der Waals surface area contributed by atoms with Crippen LogP contribution >= 0.6 is 34.8 Å². The van der Waals surface area contributed by atoms with E-state index in [1.807, 2.05) is 0 Å². The summed E-state index contributed by atoms with van der Waals surface area (Å²) in [5, 5.41) is 3.39. The zero-order chi connectivity index (χ0) is 17.0. The Bertz CT molecular complexity index is 725. The van der Waals surface area contributed by atoms with Crippen LogP contribution in [0.5, 0.6) is 5.75 Å². The molecule has 3 N–H and O–H groups in total. The summed E-state index contributed by atoms with van der Waals surface area (Å²) in [7, 11) is 0.